The van der Waals surface area contributed by atoms with Crippen molar-refractivity contribution in [3.8, 4) is 0 Å². The monoisotopic (exact) mass is 214 g/mol. The number of carbonyl (C=O) groups excluding carboxylic acids is 1. The molecule has 1 heterocycles. The van der Waals surface area contributed by atoms with Crippen LogP contribution in [0.4, 0.5) is 4.79 Å². The number of morpholine rings is 1. The summed E-state index contributed by atoms with van der Waals surface area (Å²) in [6, 6.07) is 0. The van der Waals surface area contributed by atoms with E-state index in [1.54, 1.807) is 4.90 Å². The average Bonchev–Trinajstić information content (AvgIpc) is 2.17. The van der Waals surface area contributed by atoms with Gasteiger partial charge in [-0.1, -0.05) is 13.8 Å². The summed E-state index contributed by atoms with van der Waals surface area (Å²) in [4.78, 5) is 13.3. The fourth-order valence-corrected chi connectivity index (χ4v) is 1.54. The van der Waals surface area contributed by atoms with Crippen molar-refractivity contribution in [1.29, 1.82) is 0 Å². The molecule has 0 aromatic rings. The lowest BCUT2D eigenvalue weighted by atomic mass is 10.1. The van der Waals surface area contributed by atoms with Gasteiger partial charge in [0, 0.05) is 13.1 Å². The number of hydrogen-bond donors (Lipinski definition) is 0. The SMILES string of the molecule is [CH2]C(CC(C)C)OC(=O)N1CCOCC1. The van der Waals surface area contributed by atoms with Crippen LogP contribution in [0.15, 0.2) is 0 Å². The first-order chi connectivity index (χ1) is 7.09. The molecule has 0 aliphatic carbocycles. The highest BCUT2D eigenvalue weighted by Crippen LogP contribution is 2.09. The number of amides is 1. The first kappa shape index (κ1) is 12.3. The van der Waals surface area contributed by atoms with Crippen molar-refractivity contribution in [2.75, 3.05) is 26.3 Å². The maximum absolute atomic E-state index is 11.6. The van der Waals surface area contributed by atoms with Gasteiger partial charge in [0.15, 0.2) is 0 Å². The van der Waals surface area contributed by atoms with E-state index in [9.17, 15) is 4.79 Å². The second-order valence-electron chi connectivity index (χ2n) is 4.23. The molecular weight excluding hydrogens is 194 g/mol. The van der Waals surface area contributed by atoms with Crippen LogP contribution in [-0.2, 0) is 9.47 Å². The molecule has 0 aromatic heterocycles. The quantitative estimate of drug-likeness (QED) is 0.717. The van der Waals surface area contributed by atoms with E-state index >= 15 is 0 Å². The van der Waals surface area contributed by atoms with Crippen LogP contribution in [0.25, 0.3) is 0 Å². The van der Waals surface area contributed by atoms with Gasteiger partial charge in [-0.05, 0) is 19.3 Å². The largest absolute Gasteiger partial charge is 0.446 e. The Morgan fingerprint density at radius 2 is 2.07 bits per heavy atom. The topological polar surface area (TPSA) is 38.8 Å². The van der Waals surface area contributed by atoms with Crippen LogP contribution in [0.3, 0.4) is 0 Å². The van der Waals surface area contributed by atoms with Crippen molar-refractivity contribution in [1.82, 2.24) is 4.90 Å². The van der Waals surface area contributed by atoms with E-state index in [4.69, 9.17) is 9.47 Å². The molecule has 1 aliphatic heterocycles. The molecular formula is C11H20NO3. The van der Waals surface area contributed by atoms with Gasteiger partial charge in [0.2, 0.25) is 0 Å². The van der Waals surface area contributed by atoms with Crippen LogP contribution in [-0.4, -0.2) is 43.4 Å². The lowest BCUT2D eigenvalue weighted by Gasteiger charge is -2.27. The van der Waals surface area contributed by atoms with Crippen molar-refractivity contribution in [3.05, 3.63) is 6.92 Å². The van der Waals surface area contributed by atoms with Crippen molar-refractivity contribution < 1.29 is 14.3 Å². The number of rotatable bonds is 3. The van der Waals surface area contributed by atoms with Crippen LogP contribution in [0.1, 0.15) is 20.3 Å². The van der Waals surface area contributed by atoms with Gasteiger partial charge in [0.1, 0.15) is 6.10 Å². The third-order valence-electron chi connectivity index (χ3n) is 2.27. The second kappa shape index (κ2) is 5.95. The van der Waals surface area contributed by atoms with E-state index in [0.717, 1.165) is 6.42 Å². The van der Waals surface area contributed by atoms with E-state index in [1.165, 1.54) is 0 Å². The molecule has 1 radical (unpaired) electrons. The summed E-state index contributed by atoms with van der Waals surface area (Å²) in [5, 5.41) is 0. The molecule has 4 nitrogen and oxygen atoms in total. The zero-order valence-corrected chi connectivity index (χ0v) is 9.57. The van der Waals surface area contributed by atoms with Crippen LogP contribution in [0, 0.1) is 12.8 Å². The van der Waals surface area contributed by atoms with Crippen molar-refractivity contribution in [2.24, 2.45) is 5.92 Å². The molecule has 0 bridgehead atoms. The summed E-state index contributed by atoms with van der Waals surface area (Å²) < 4.78 is 10.4. The second-order valence-corrected chi connectivity index (χ2v) is 4.23. The lowest BCUT2D eigenvalue weighted by Crippen LogP contribution is -2.42. The number of hydrogen-bond acceptors (Lipinski definition) is 3. The summed E-state index contributed by atoms with van der Waals surface area (Å²) in [6.45, 7) is 10.4. The average molecular weight is 214 g/mol. The van der Waals surface area contributed by atoms with Gasteiger partial charge < -0.3 is 14.4 Å². The zero-order chi connectivity index (χ0) is 11.3. The minimum absolute atomic E-state index is 0.250. The molecule has 87 valence electrons. The Morgan fingerprint density at radius 1 is 1.47 bits per heavy atom. The molecule has 1 aliphatic rings. The standard InChI is InChI=1S/C11H20NO3/c1-9(2)8-10(3)15-11(13)12-4-6-14-7-5-12/h9-10H,3-8H2,1-2H3. The van der Waals surface area contributed by atoms with Gasteiger partial charge in [-0.15, -0.1) is 0 Å². The molecule has 0 saturated carbocycles. The molecule has 1 fully saturated rings. The molecule has 0 N–H and O–H groups in total. The molecule has 1 atom stereocenters. The van der Waals surface area contributed by atoms with Crippen LogP contribution < -0.4 is 0 Å². The van der Waals surface area contributed by atoms with Crippen molar-refractivity contribution in [3.63, 3.8) is 0 Å². The summed E-state index contributed by atoms with van der Waals surface area (Å²) in [7, 11) is 0. The Hall–Kier alpha value is -0.770. The highest BCUT2D eigenvalue weighted by Gasteiger charge is 2.20. The van der Waals surface area contributed by atoms with Crippen LogP contribution in [0.5, 0.6) is 0 Å². The third kappa shape index (κ3) is 4.51. The maximum atomic E-state index is 11.6. The predicted octanol–water partition coefficient (Wildman–Crippen LogP) is 1.70. The summed E-state index contributed by atoms with van der Waals surface area (Å²) in [6.07, 6.45) is 0.287. The molecule has 1 saturated heterocycles. The van der Waals surface area contributed by atoms with Gasteiger partial charge in [-0.2, -0.15) is 0 Å². The molecule has 0 spiro atoms. The van der Waals surface area contributed by atoms with E-state index < -0.39 is 0 Å². The van der Waals surface area contributed by atoms with Crippen molar-refractivity contribution >= 4 is 6.09 Å². The summed E-state index contributed by atoms with van der Waals surface area (Å²) >= 11 is 0. The Balaban J connectivity index is 2.27. The molecule has 15 heavy (non-hydrogen) atoms. The Kier molecular flexibility index (Phi) is 4.88. The van der Waals surface area contributed by atoms with E-state index in [0.29, 0.717) is 32.2 Å². The molecule has 4 heteroatoms. The van der Waals surface area contributed by atoms with Crippen LogP contribution in [0.2, 0.25) is 0 Å². The molecule has 1 unspecified atom stereocenters. The van der Waals surface area contributed by atoms with Gasteiger partial charge in [0.25, 0.3) is 0 Å². The maximum Gasteiger partial charge on any atom is 0.410 e. The predicted molar refractivity (Wildman–Crippen MR) is 57.5 cm³/mol. The zero-order valence-electron chi connectivity index (χ0n) is 9.57. The minimum Gasteiger partial charge on any atom is -0.446 e. The lowest BCUT2D eigenvalue weighted by molar-refractivity contribution is 0.0166. The Labute approximate surface area is 91.5 Å². The van der Waals surface area contributed by atoms with Crippen LogP contribution >= 0.6 is 0 Å². The number of carbonyl (C=O) groups is 1. The van der Waals surface area contributed by atoms with Gasteiger partial charge in [-0.3, -0.25) is 0 Å². The fraction of sp³-hybridized carbons (Fsp3) is 0.818. The van der Waals surface area contributed by atoms with Gasteiger partial charge in [-0.25, -0.2) is 4.79 Å². The Morgan fingerprint density at radius 3 is 2.60 bits per heavy atom. The highest BCUT2D eigenvalue weighted by atomic mass is 16.6. The smallest absolute Gasteiger partial charge is 0.410 e. The molecule has 1 rings (SSSR count). The number of nitrogens with zero attached hydrogens (tertiary/aromatic N) is 1. The summed E-state index contributed by atoms with van der Waals surface area (Å²) in [5.41, 5.74) is 0. The molecule has 0 aromatic carbocycles. The summed E-state index contributed by atoms with van der Waals surface area (Å²) in [5.74, 6) is 0.491. The molecule has 1 amide bonds. The number of ether oxygens (including phenoxy) is 2. The first-order valence-electron chi connectivity index (χ1n) is 5.46. The van der Waals surface area contributed by atoms with Gasteiger partial charge >= 0.3 is 6.09 Å². The normalized spacial score (nSPS) is 19.1. The van der Waals surface area contributed by atoms with E-state index in [2.05, 4.69) is 20.8 Å². The fourth-order valence-electron chi connectivity index (χ4n) is 1.54. The van der Waals surface area contributed by atoms with E-state index in [-0.39, 0.29) is 12.2 Å². The Bertz CT molecular complexity index is 200. The van der Waals surface area contributed by atoms with Crippen molar-refractivity contribution in [2.45, 2.75) is 26.4 Å². The third-order valence-corrected chi connectivity index (χ3v) is 2.27. The minimum atomic E-state index is -0.265. The highest BCUT2D eigenvalue weighted by molar-refractivity contribution is 5.67. The van der Waals surface area contributed by atoms with Gasteiger partial charge in [0.05, 0.1) is 13.2 Å². The first-order valence-corrected chi connectivity index (χ1v) is 5.46. The van der Waals surface area contributed by atoms with E-state index in [1.807, 2.05) is 0 Å².